The van der Waals surface area contributed by atoms with E-state index in [9.17, 15) is 4.39 Å². The molecule has 2 aromatic rings. The molecule has 2 N–H and O–H groups in total. The quantitative estimate of drug-likeness (QED) is 0.333. The first-order valence-corrected chi connectivity index (χ1v) is 9.25. The summed E-state index contributed by atoms with van der Waals surface area (Å²) in [6.07, 6.45) is 2.26. The van der Waals surface area contributed by atoms with Gasteiger partial charge in [-0.3, -0.25) is 4.99 Å². The molecule has 0 saturated heterocycles. The van der Waals surface area contributed by atoms with E-state index in [2.05, 4.69) is 49.8 Å². The van der Waals surface area contributed by atoms with Crippen LogP contribution in [0.1, 0.15) is 29.5 Å². The van der Waals surface area contributed by atoms with E-state index in [1.54, 1.807) is 13.1 Å². The summed E-state index contributed by atoms with van der Waals surface area (Å²) in [4.78, 5) is 4.22. The first-order valence-electron chi connectivity index (χ1n) is 8.45. The van der Waals surface area contributed by atoms with E-state index >= 15 is 0 Å². The molecule has 3 rings (SSSR count). The molecule has 1 fully saturated rings. The lowest BCUT2D eigenvalue weighted by Crippen LogP contribution is -2.41. The summed E-state index contributed by atoms with van der Waals surface area (Å²) < 4.78 is 15.0. The minimum atomic E-state index is -0.334. The van der Waals surface area contributed by atoms with Gasteiger partial charge in [-0.05, 0) is 48.7 Å². The molecule has 0 aromatic heterocycles. The van der Waals surface area contributed by atoms with E-state index in [0.717, 1.165) is 23.9 Å². The van der Waals surface area contributed by atoms with E-state index in [1.807, 2.05) is 12.1 Å². The summed E-state index contributed by atoms with van der Waals surface area (Å²) in [7, 11) is 1.69. The van der Waals surface area contributed by atoms with Crippen LogP contribution >= 0.6 is 39.9 Å². The fourth-order valence-electron chi connectivity index (χ4n) is 2.97. The normalized spacial score (nSPS) is 14.7. The summed E-state index contributed by atoms with van der Waals surface area (Å²) in [6.45, 7) is 1.04. The van der Waals surface area contributed by atoms with Gasteiger partial charge in [0.25, 0.3) is 0 Å². The number of guanidine groups is 1. The third kappa shape index (κ3) is 5.42. The van der Waals surface area contributed by atoms with E-state index in [1.165, 1.54) is 17.7 Å². The Morgan fingerprint density at radius 3 is 2.67 bits per heavy atom. The number of nitrogens with zero attached hydrogens (tertiary/aromatic N) is 2. The van der Waals surface area contributed by atoms with Crippen molar-refractivity contribution in [2.24, 2.45) is 4.99 Å². The van der Waals surface area contributed by atoms with Crippen molar-refractivity contribution in [3.8, 4) is 6.07 Å². The molecule has 0 aliphatic heterocycles. The van der Waals surface area contributed by atoms with Crippen LogP contribution in [0.15, 0.2) is 51.9 Å². The van der Waals surface area contributed by atoms with Crippen molar-refractivity contribution in [3.05, 3.63) is 69.4 Å². The predicted molar refractivity (Wildman–Crippen MR) is 120 cm³/mol. The van der Waals surface area contributed by atoms with Crippen molar-refractivity contribution in [2.45, 2.75) is 24.8 Å². The lowest BCUT2D eigenvalue weighted by molar-refractivity contribution is 0.601. The van der Waals surface area contributed by atoms with Gasteiger partial charge in [-0.25, -0.2) is 4.39 Å². The van der Waals surface area contributed by atoms with Crippen LogP contribution in [0.3, 0.4) is 0 Å². The van der Waals surface area contributed by atoms with Gasteiger partial charge in [-0.15, -0.1) is 24.0 Å². The highest BCUT2D eigenvalue weighted by Crippen LogP contribution is 2.48. The molecule has 0 radical (unpaired) electrons. The van der Waals surface area contributed by atoms with E-state index in [4.69, 9.17) is 5.26 Å². The number of aliphatic imine (C=N–C) groups is 1. The maximum atomic E-state index is 13.9. The van der Waals surface area contributed by atoms with Crippen molar-refractivity contribution in [1.82, 2.24) is 10.6 Å². The minimum Gasteiger partial charge on any atom is -0.356 e. The monoisotopic (exact) mass is 542 g/mol. The SMILES string of the molecule is CN=C(NCc1cc(C#N)ccc1F)NCC1(c2cccc(Br)c2)CC1.I. The number of hydrogen-bond donors (Lipinski definition) is 2. The van der Waals surface area contributed by atoms with Gasteiger partial charge in [0, 0.05) is 35.6 Å². The first-order chi connectivity index (χ1) is 12.6. The summed E-state index contributed by atoms with van der Waals surface area (Å²) in [5, 5.41) is 15.4. The molecule has 1 aliphatic rings. The molecule has 2 aromatic carbocycles. The van der Waals surface area contributed by atoms with Crippen molar-refractivity contribution in [1.29, 1.82) is 5.26 Å². The molecule has 0 heterocycles. The molecule has 0 atom stereocenters. The molecule has 4 nitrogen and oxygen atoms in total. The highest BCUT2D eigenvalue weighted by atomic mass is 127. The zero-order valence-corrected chi connectivity index (χ0v) is 18.8. The number of nitriles is 1. The van der Waals surface area contributed by atoms with Crippen LogP contribution in [0.4, 0.5) is 4.39 Å². The molecule has 1 saturated carbocycles. The molecule has 142 valence electrons. The van der Waals surface area contributed by atoms with Crippen LogP contribution in [0, 0.1) is 17.1 Å². The Bertz CT molecular complexity index is 875. The average molecular weight is 543 g/mol. The Morgan fingerprint density at radius 2 is 2.04 bits per heavy atom. The minimum absolute atomic E-state index is 0. The van der Waals surface area contributed by atoms with Crippen LogP contribution < -0.4 is 10.6 Å². The lowest BCUT2D eigenvalue weighted by atomic mass is 9.96. The smallest absolute Gasteiger partial charge is 0.191 e. The average Bonchev–Trinajstić information content (AvgIpc) is 3.44. The van der Waals surface area contributed by atoms with Gasteiger partial charge in [0.05, 0.1) is 11.6 Å². The molecule has 0 amide bonds. The fraction of sp³-hybridized carbons (Fsp3) is 0.300. The van der Waals surface area contributed by atoms with Gasteiger partial charge in [-0.2, -0.15) is 5.26 Å². The fourth-order valence-corrected chi connectivity index (χ4v) is 3.37. The largest absolute Gasteiger partial charge is 0.356 e. The van der Waals surface area contributed by atoms with Crippen molar-refractivity contribution in [2.75, 3.05) is 13.6 Å². The molecule has 0 spiro atoms. The Morgan fingerprint density at radius 1 is 1.26 bits per heavy atom. The van der Waals surface area contributed by atoms with Gasteiger partial charge in [0.1, 0.15) is 5.82 Å². The van der Waals surface area contributed by atoms with Crippen molar-refractivity contribution in [3.63, 3.8) is 0 Å². The summed E-state index contributed by atoms with van der Waals surface area (Å²) in [5.74, 6) is 0.285. The summed E-state index contributed by atoms with van der Waals surface area (Å²) in [5.41, 5.74) is 2.33. The van der Waals surface area contributed by atoms with Crippen LogP contribution in [-0.2, 0) is 12.0 Å². The van der Waals surface area contributed by atoms with E-state index in [0.29, 0.717) is 17.1 Å². The molecule has 0 bridgehead atoms. The second-order valence-corrected chi connectivity index (χ2v) is 7.40. The zero-order chi connectivity index (χ0) is 18.6. The second-order valence-electron chi connectivity index (χ2n) is 6.49. The molecule has 1 aliphatic carbocycles. The highest BCUT2D eigenvalue weighted by Gasteiger charge is 2.44. The van der Waals surface area contributed by atoms with Gasteiger partial charge < -0.3 is 10.6 Å². The Kier molecular flexibility index (Phi) is 7.62. The van der Waals surface area contributed by atoms with Crippen LogP contribution in [0.2, 0.25) is 0 Å². The van der Waals surface area contributed by atoms with Crippen molar-refractivity contribution < 1.29 is 4.39 Å². The number of hydrogen-bond acceptors (Lipinski definition) is 2. The van der Waals surface area contributed by atoms with Gasteiger partial charge in [0.2, 0.25) is 0 Å². The van der Waals surface area contributed by atoms with Crippen LogP contribution in [0.25, 0.3) is 0 Å². The maximum absolute atomic E-state index is 13.9. The number of benzene rings is 2. The third-order valence-corrected chi connectivity index (χ3v) is 5.22. The topological polar surface area (TPSA) is 60.2 Å². The van der Waals surface area contributed by atoms with Gasteiger partial charge in [-0.1, -0.05) is 28.1 Å². The lowest BCUT2D eigenvalue weighted by Gasteiger charge is -2.19. The first kappa shape index (κ1) is 21.6. The Hall–Kier alpha value is -1.66. The van der Waals surface area contributed by atoms with E-state index in [-0.39, 0.29) is 41.8 Å². The van der Waals surface area contributed by atoms with E-state index < -0.39 is 0 Å². The molecule has 0 unspecified atom stereocenters. The summed E-state index contributed by atoms with van der Waals surface area (Å²) >= 11 is 3.53. The van der Waals surface area contributed by atoms with Crippen LogP contribution in [-0.4, -0.2) is 19.6 Å². The molecular formula is C20H21BrFIN4. The maximum Gasteiger partial charge on any atom is 0.191 e. The Labute approximate surface area is 184 Å². The molecule has 27 heavy (non-hydrogen) atoms. The van der Waals surface area contributed by atoms with Gasteiger partial charge >= 0.3 is 0 Å². The number of nitrogens with one attached hydrogen (secondary N) is 2. The number of halogens is 3. The predicted octanol–water partition coefficient (Wildman–Crippen LogP) is 4.47. The zero-order valence-electron chi connectivity index (χ0n) is 14.9. The second kappa shape index (κ2) is 9.51. The summed E-state index contributed by atoms with van der Waals surface area (Å²) in [6, 6.07) is 14.8. The molecule has 7 heteroatoms. The van der Waals surface area contributed by atoms with Crippen molar-refractivity contribution >= 4 is 45.9 Å². The van der Waals surface area contributed by atoms with Gasteiger partial charge in [0.15, 0.2) is 5.96 Å². The molecular weight excluding hydrogens is 522 g/mol. The number of rotatable bonds is 5. The highest BCUT2D eigenvalue weighted by molar-refractivity contribution is 14.0. The Balaban J connectivity index is 0.00000261. The third-order valence-electron chi connectivity index (χ3n) is 4.73. The van der Waals surface area contributed by atoms with Crippen LogP contribution in [0.5, 0.6) is 0 Å². The standard InChI is InChI=1S/C20H20BrFN4.HI/c1-24-19(25-12-15-9-14(11-23)5-6-18(15)22)26-13-20(7-8-20)16-3-2-4-17(21)10-16;/h2-6,9-10H,7-8,12-13H2,1H3,(H2,24,25,26);1H.